The Bertz CT molecular complexity index is 1520. The molecule has 10 heteroatoms. The monoisotopic (exact) mass is 681 g/mol. The Hall–Kier alpha value is -3.58. The van der Waals surface area contributed by atoms with E-state index in [1.54, 1.807) is 12.1 Å². The van der Waals surface area contributed by atoms with Crippen LogP contribution in [-0.2, 0) is 39.7 Å². The van der Waals surface area contributed by atoms with Crippen molar-refractivity contribution in [3.63, 3.8) is 0 Å². The van der Waals surface area contributed by atoms with Gasteiger partial charge < -0.3 is 24.7 Å². The number of hydrogen-bond donors (Lipinski definition) is 0. The molecular weight excluding hydrogens is 660 g/mol. The van der Waals surface area contributed by atoms with Gasteiger partial charge in [0, 0.05) is 22.6 Å². The predicted octanol–water partition coefficient (Wildman–Crippen LogP) is 5.71. The molecule has 0 unspecified atom stereocenters. The molecule has 0 radical (unpaired) electrons. The first-order valence-electron chi connectivity index (χ1n) is 11.2. The van der Waals surface area contributed by atoms with Crippen LogP contribution in [0.4, 0.5) is 13.2 Å². The molecule has 4 heterocycles. The summed E-state index contributed by atoms with van der Waals surface area (Å²) >= 11 is 0. The quantitative estimate of drug-likeness (QED) is 0.223. The molecule has 5 aromatic rings. The van der Waals surface area contributed by atoms with E-state index < -0.39 is 17.3 Å². The SMILES string of the molecule is Cn1c(-c2cccc(C(C)(C)c3cccc(-c4cc(C(F)(F)F)n[n-]4)n3)n2)[c-]nc1-c1ccccc1.[Pt+2]. The zero-order chi connectivity index (χ0) is 25.5. The first-order chi connectivity index (χ1) is 17.1. The van der Waals surface area contributed by atoms with Crippen LogP contribution in [-0.4, -0.2) is 24.6 Å². The van der Waals surface area contributed by atoms with E-state index in [9.17, 15) is 13.2 Å². The van der Waals surface area contributed by atoms with Crippen LogP contribution in [0.1, 0.15) is 30.9 Å². The topological polar surface area (TPSA) is 70.6 Å². The molecule has 0 amide bonds. The molecular formula is C27H21F3N6Pt. The predicted molar refractivity (Wildman–Crippen MR) is 129 cm³/mol. The van der Waals surface area contributed by atoms with Crippen LogP contribution in [0, 0.1) is 6.20 Å². The molecule has 0 atom stereocenters. The van der Waals surface area contributed by atoms with Gasteiger partial charge in [0.1, 0.15) is 5.69 Å². The molecule has 0 aliphatic carbocycles. The molecule has 0 bridgehead atoms. The molecule has 1 aromatic carbocycles. The van der Waals surface area contributed by atoms with Crippen LogP contribution in [0.2, 0.25) is 0 Å². The number of rotatable bonds is 5. The van der Waals surface area contributed by atoms with Gasteiger partial charge in [0.05, 0.1) is 5.69 Å². The second-order valence-corrected chi connectivity index (χ2v) is 8.87. The van der Waals surface area contributed by atoms with Crippen molar-refractivity contribution in [3.8, 4) is 34.2 Å². The van der Waals surface area contributed by atoms with Crippen molar-refractivity contribution >= 4 is 0 Å². The van der Waals surface area contributed by atoms with Gasteiger partial charge in [-0.25, -0.2) is 0 Å². The van der Waals surface area contributed by atoms with Gasteiger partial charge in [-0.2, -0.15) is 13.2 Å². The third kappa shape index (κ3) is 5.14. The number of benzene rings is 1. The van der Waals surface area contributed by atoms with Crippen molar-refractivity contribution in [1.29, 1.82) is 0 Å². The van der Waals surface area contributed by atoms with Gasteiger partial charge in [-0.15, -0.1) is 0 Å². The standard InChI is InChI=1S/C27H21F3N6.Pt/c1-26(2,22-13-7-11-18(32-22)20-15-24(35-34-20)27(28,29)30)23-14-8-12-19(33-23)21-16-31-25(36(21)3)17-9-5-4-6-10-17;/h4-15H,1-3H3;/q-2;+2. The average Bonchev–Trinajstić information content (AvgIpc) is 3.52. The van der Waals surface area contributed by atoms with Gasteiger partial charge in [0.15, 0.2) is 0 Å². The molecule has 0 aliphatic heterocycles. The number of imidazole rings is 1. The number of nitrogens with zero attached hydrogens (tertiary/aromatic N) is 6. The fourth-order valence-electron chi connectivity index (χ4n) is 3.97. The maximum absolute atomic E-state index is 13.0. The Labute approximate surface area is 226 Å². The second-order valence-electron chi connectivity index (χ2n) is 8.87. The van der Waals surface area contributed by atoms with Crippen LogP contribution in [0.5, 0.6) is 0 Å². The molecule has 5 rings (SSSR count). The molecule has 4 aromatic heterocycles. The van der Waals surface area contributed by atoms with Crippen LogP contribution < -0.4 is 5.10 Å². The van der Waals surface area contributed by atoms with E-state index in [0.717, 1.165) is 28.8 Å². The minimum atomic E-state index is -4.56. The number of pyridine rings is 2. The first kappa shape index (κ1) is 26.5. The maximum Gasteiger partial charge on any atom is 2.00 e. The van der Waals surface area contributed by atoms with Crippen LogP contribution >= 0.6 is 0 Å². The van der Waals surface area contributed by atoms with Gasteiger partial charge >= 0.3 is 27.2 Å². The van der Waals surface area contributed by atoms with E-state index in [2.05, 4.69) is 26.4 Å². The number of aromatic nitrogens is 6. The normalized spacial score (nSPS) is 11.8. The van der Waals surface area contributed by atoms with Gasteiger partial charge in [-0.1, -0.05) is 60.4 Å². The summed E-state index contributed by atoms with van der Waals surface area (Å²) in [5.74, 6) is 0.778. The third-order valence-electron chi connectivity index (χ3n) is 6.07. The van der Waals surface area contributed by atoms with Crippen molar-refractivity contribution in [2.24, 2.45) is 7.05 Å². The van der Waals surface area contributed by atoms with Gasteiger partial charge in [0.25, 0.3) is 0 Å². The first-order valence-corrected chi connectivity index (χ1v) is 11.2. The van der Waals surface area contributed by atoms with E-state index in [1.807, 2.05) is 80.1 Å². The summed E-state index contributed by atoms with van der Waals surface area (Å²) in [5, 5.41) is 6.93. The van der Waals surface area contributed by atoms with Gasteiger partial charge in [0.2, 0.25) is 0 Å². The van der Waals surface area contributed by atoms with E-state index in [0.29, 0.717) is 17.1 Å². The number of hydrogen-bond acceptors (Lipinski definition) is 4. The summed E-state index contributed by atoms with van der Waals surface area (Å²) in [6.07, 6.45) is -1.48. The van der Waals surface area contributed by atoms with E-state index in [-0.39, 0.29) is 26.8 Å². The second kappa shape index (κ2) is 10.1. The molecule has 0 saturated carbocycles. The van der Waals surface area contributed by atoms with E-state index in [4.69, 9.17) is 4.98 Å². The fraction of sp³-hybridized carbons (Fsp3) is 0.185. The molecule has 0 N–H and O–H groups in total. The Morgan fingerprint density at radius 1 is 0.811 bits per heavy atom. The van der Waals surface area contributed by atoms with Crippen LogP contribution in [0.25, 0.3) is 34.2 Å². The minimum absolute atomic E-state index is 0. The third-order valence-corrected chi connectivity index (χ3v) is 6.07. The zero-order valence-corrected chi connectivity index (χ0v) is 22.3. The van der Waals surface area contributed by atoms with Crippen molar-refractivity contribution < 1.29 is 34.2 Å². The van der Waals surface area contributed by atoms with Crippen LogP contribution in [0.3, 0.4) is 0 Å². The Morgan fingerprint density at radius 3 is 2.05 bits per heavy atom. The summed E-state index contributed by atoms with van der Waals surface area (Å²) in [7, 11) is 1.92. The van der Waals surface area contributed by atoms with Gasteiger partial charge in [-0.05, 0) is 62.1 Å². The van der Waals surface area contributed by atoms with E-state index >= 15 is 0 Å². The van der Waals surface area contributed by atoms with Crippen molar-refractivity contribution in [3.05, 3.63) is 96.1 Å². The summed E-state index contributed by atoms with van der Waals surface area (Å²) in [5.41, 5.74) is 2.48. The minimum Gasteiger partial charge on any atom is -0.573 e. The molecule has 0 fully saturated rings. The van der Waals surface area contributed by atoms with Gasteiger partial charge in [-0.3, -0.25) is 4.98 Å². The number of alkyl halides is 3. The summed E-state index contributed by atoms with van der Waals surface area (Å²) in [6, 6.07) is 21.6. The average molecular weight is 682 g/mol. The number of halogens is 3. The van der Waals surface area contributed by atoms with Crippen molar-refractivity contribution in [1.82, 2.24) is 29.7 Å². The molecule has 0 spiro atoms. The summed E-state index contributed by atoms with van der Waals surface area (Å²) in [6.45, 7) is 3.93. The molecule has 37 heavy (non-hydrogen) atoms. The molecule has 6 nitrogen and oxygen atoms in total. The van der Waals surface area contributed by atoms with Crippen LogP contribution in [0.15, 0.2) is 72.8 Å². The largest absolute Gasteiger partial charge is 2.00 e. The fourth-order valence-corrected chi connectivity index (χ4v) is 3.97. The Morgan fingerprint density at radius 2 is 1.43 bits per heavy atom. The smallest absolute Gasteiger partial charge is 0.573 e. The van der Waals surface area contributed by atoms with E-state index in [1.165, 1.54) is 0 Å². The Kier molecular flexibility index (Phi) is 7.20. The summed E-state index contributed by atoms with van der Waals surface area (Å²) < 4.78 is 40.9. The Balaban J connectivity index is 0.00000320. The zero-order valence-electron chi connectivity index (χ0n) is 20.1. The summed E-state index contributed by atoms with van der Waals surface area (Å²) in [4.78, 5) is 14.0. The molecule has 0 aliphatic rings. The van der Waals surface area contributed by atoms with Crippen molar-refractivity contribution in [2.45, 2.75) is 25.4 Å². The maximum atomic E-state index is 13.0. The molecule has 0 saturated heterocycles. The molecule has 190 valence electrons. The van der Waals surface area contributed by atoms with Crippen molar-refractivity contribution in [2.75, 3.05) is 0 Å².